The predicted molar refractivity (Wildman–Crippen MR) is 101 cm³/mol. The number of carbonyl (C=O) groups excluding carboxylic acids is 2. The van der Waals surface area contributed by atoms with E-state index < -0.39 is 23.4 Å². The highest BCUT2D eigenvalue weighted by Gasteiger charge is 2.21. The molecule has 0 radical (unpaired) electrons. The van der Waals surface area contributed by atoms with Gasteiger partial charge in [0.25, 0.3) is 0 Å². The minimum Gasteiger partial charge on any atom is -0.347 e. The van der Waals surface area contributed by atoms with Gasteiger partial charge in [0, 0.05) is 24.0 Å². The van der Waals surface area contributed by atoms with Crippen molar-refractivity contribution in [3.8, 4) is 0 Å². The van der Waals surface area contributed by atoms with Crippen molar-refractivity contribution in [2.45, 2.75) is 18.8 Å². The summed E-state index contributed by atoms with van der Waals surface area (Å²) in [5.74, 6) is -2.78. The third-order valence-electron chi connectivity index (χ3n) is 4.63. The Hall–Kier alpha value is -2.32. The molecule has 1 saturated heterocycles. The summed E-state index contributed by atoms with van der Waals surface area (Å²) in [4.78, 5) is 27.3. The van der Waals surface area contributed by atoms with Crippen LogP contribution in [-0.2, 0) is 9.59 Å². The first-order chi connectivity index (χ1) is 13.0. The number of halogens is 2. The van der Waals surface area contributed by atoms with E-state index in [4.69, 9.17) is 0 Å². The molecule has 0 bridgehead atoms. The van der Waals surface area contributed by atoms with Crippen molar-refractivity contribution in [3.63, 3.8) is 0 Å². The predicted octanol–water partition coefficient (Wildman–Crippen LogP) is 2.96. The molecule has 0 aliphatic carbocycles. The van der Waals surface area contributed by atoms with Crippen LogP contribution in [0.5, 0.6) is 0 Å². The van der Waals surface area contributed by atoms with Gasteiger partial charge in [-0.1, -0.05) is 6.07 Å². The van der Waals surface area contributed by atoms with E-state index >= 15 is 0 Å². The summed E-state index contributed by atoms with van der Waals surface area (Å²) in [6.07, 6.45) is 2.15. The second kappa shape index (κ2) is 9.05. The number of likely N-dealkylation sites (tertiary alicyclic amines) is 1. The molecule has 2 amide bonds. The lowest BCUT2D eigenvalue weighted by Crippen LogP contribution is -2.42. The Bertz CT molecular complexity index is 790. The molecule has 0 saturated carbocycles. The quantitative estimate of drug-likeness (QED) is 0.768. The van der Waals surface area contributed by atoms with Crippen molar-refractivity contribution in [3.05, 3.63) is 52.2 Å². The van der Waals surface area contributed by atoms with Gasteiger partial charge in [-0.2, -0.15) is 0 Å². The summed E-state index contributed by atoms with van der Waals surface area (Å²) >= 11 is 1.79. The van der Waals surface area contributed by atoms with E-state index in [2.05, 4.69) is 33.0 Å². The lowest BCUT2D eigenvalue weighted by Gasteiger charge is -2.31. The first-order valence-electron chi connectivity index (χ1n) is 8.83. The minimum atomic E-state index is -1.02. The van der Waals surface area contributed by atoms with Crippen LogP contribution in [0.3, 0.4) is 0 Å². The number of hydrogen-bond donors (Lipinski definition) is 2. The molecule has 5 nitrogen and oxygen atoms in total. The number of amides is 2. The van der Waals surface area contributed by atoms with Crippen LogP contribution in [0.1, 0.15) is 23.6 Å². The number of carbonyl (C=O) groups is 2. The second-order valence-electron chi connectivity index (χ2n) is 6.47. The summed E-state index contributed by atoms with van der Waals surface area (Å²) in [6.45, 7) is 2.85. The molecule has 1 aliphatic rings. The fourth-order valence-electron chi connectivity index (χ4n) is 3.14. The van der Waals surface area contributed by atoms with Gasteiger partial charge in [-0.15, -0.1) is 11.3 Å². The molecule has 0 spiro atoms. The molecular weight excluding hydrogens is 372 g/mol. The molecule has 2 N–H and O–H groups in total. The third kappa shape index (κ3) is 5.33. The van der Waals surface area contributed by atoms with Gasteiger partial charge in [0.05, 0.1) is 5.69 Å². The molecular formula is C19H21F2N3O2S. The highest BCUT2D eigenvalue weighted by Crippen LogP contribution is 2.30. The van der Waals surface area contributed by atoms with Crippen LogP contribution in [0, 0.1) is 11.6 Å². The van der Waals surface area contributed by atoms with Gasteiger partial charge in [0.15, 0.2) is 0 Å². The number of rotatable bonds is 5. The molecule has 3 rings (SSSR count). The molecule has 1 aliphatic heterocycles. The first-order valence-corrected chi connectivity index (χ1v) is 9.71. The van der Waals surface area contributed by atoms with Crippen LogP contribution in [0.4, 0.5) is 14.5 Å². The largest absolute Gasteiger partial charge is 0.347 e. The van der Waals surface area contributed by atoms with Gasteiger partial charge >= 0.3 is 11.8 Å². The molecule has 1 fully saturated rings. The van der Waals surface area contributed by atoms with E-state index in [0.29, 0.717) is 19.0 Å². The topological polar surface area (TPSA) is 61.4 Å². The van der Waals surface area contributed by atoms with E-state index in [1.165, 1.54) is 4.88 Å². The number of nitrogens with zero attached hydrogens (tertiary/aromatic N) is 1. The van der Waals surface area contributed by atoms with Gasteiger partial charge in [0.2, 0.25) is 0 Å². The maximum atomic E-state index is 13.5. The summed E-state index contributed by atoms with van der Waals surface area (Å²) in [5.41, 5.74) is -0.356. The molecule has 2 aromatic rings. The molecule has 1 aromatic carbocycles. The monoisotopic (exact) mass is 393 g/mol. The maximum Gasteiger partial charge on any atom is 0.313 e. The zero-order valence-electron chi connectivity index (χ0n) is 14.7. The summed E-state index contributed by atoms with van der Waals surface area (Å²) in [5, 5.41) is 6.69. The van der Waals surface area contributed by atoms with Crippen molar-refractivity contribution in [1.82, 2.24) is 10.2 Å². The van der Waals surface area contributed by atoms with Crippen molar-refractivity contribution >= 4 is 28.8 Å². The Labute approximate surface area is 160 Å². The van der Waals surface area contributed by atoms with E-state index in [1.807, 2.05) is 0 Å². The van der Waals surface area contributed by atoms with Crippen LogP contribution in [0.2, 0.25) is 0 Å². The number of hydrogen-bond acceptors (Lipinski definition) is 4. The molecule has 144 valence electrons. The zero-order valence-corrected chi connectivity index (χ0v) is 15.5. The zero-order chi connectivity index (χ0) is 19.2. The highest BCUT2D eigenvalue weighted by molar-refractivity contribution is 7.10. The smallest absolute Gasteiger partial charge is 0.313 e. The average Bonchev–Trinajstić information content (AvgIpc) is 3.20. The minimum absolute atomic E-state index is 0.321. The van der Waals surface area contributed by atoms with E-state index in [1.54, 1.807) is 11.3 Å². The number of anilines is 1. The van der Waals surface area contributed by atoms with Crippen LogP contribution in [0.15, 0.2) is 35.7 Å². The highest BCUT2D eigenvalue weighted by atomic mass is 32.1. The first kappa shape index (κ1) is 19.4. The summed E-state index contributed by atoms with van der Waals surface area (Å²) < 4.78 is 26.6. The lowest BCUT2D eigenvalue weighted by atomic mass is 9.95. The number of thiophene rings is 1. The summed E-state index contributed by atoms with van der Waals surface area (Å²) in [6, 6.07) is 6.90. The van der Waals surface area contributed by atoms with Crippen LogP contribution in [0.25, 0.3) is 0 Å². The van der Waals surface area contributed by atoms with Crippen LogP contribution in [-0.4, -0.2) is 42.9 Å². The van der Waals surface area contributed by atoms with E-state index in [-0.39, 0.29) is 5.69 Å². The maximum absolute atomic E-state index is 13.5. The van der Waals surface area contributed by atoms with E-state index in [0.717, 1.165) is 44.1 Å². The molecule has 2 heterocycles. The van der Waals surface area contributed by atoms with Gasteiger partial charge in [-0.25, -0.2) is 8.78 Å². The van der Waals surface area contributed by atoms with Gasteiger partial charge in [-0.05, 0) is 55.4 Å². The SMILES string of the molecule is O=C(NCCN1CCC(c2cccs2)CC1)C(=O)Nc1cc(F)ccc1F. The molecule has 27 heavy (non-hydrogen) atoms. The number of benzene rings is 1. The van der Waals surface area contributed by atoms with Crippen LogP contribution >= 0.6 is 11.3 Å². The molecule has 0 unspecified atom stereocenters. The Kier molecular flexibility index (Phi) is 6.52. The Morgan fingerprint density at radius 1 is 1.15 bits per heavy atom. The molecule has 0 atom stereocenters. The normalized spacial score (nSPS) is 15.5. The number of nitrogens with one attached hydrogen (secondary N) is 2. The Morgan fingerprint density at radius 2 is 1.93 bits per heavy atom. The second-order valence-corrected chi connectivity index (χ2v) is 7.44. The molecule has 8 heteroatoms. The van der Waals surface area contributed by atoms with Crippen molar-refractivity contribution in [2.24, 2.45) is 0 Å². The lowest BCUT2D eigenvalue weighted by molar-refractivity contribution is -0.136. The number of piperidine rings is 1. The van der Waals surface area contributed by atoms with E-state index in [9.17, 15) is 18.4 Å². The Balaban J connectivity index is 1.38. The summed E-state index contributed by atoms with van der Waals surface area (Å²) in [7, 11) is 0. The van der Waals surface area contributed by atoms with Crippen molar-refractivity contribution in [2.75, 3.05) is 31.5 Å². The average molecular weight is 393 g/mol. The standard InChI is InChI=1S/C19H21F2N3O2S/c20-14-3-4-15(21)16(12-14)23-19(26)18(25)22-7-10-24-8-5-13(6-9-24)17-2-1-11-27-17/h1-4,11-13H,5-10H2,(H,22,25)(H,23,26). The van der Waals surface area contributed by atoms with Gasteiger partial charge in [-0.3, -0.25) is 9.59 Å². The van der Waals surface area contributed by atoms with Gasteiger partial charge < -0.3 is 15.5 Å². The molecule has 1 aromatic heterocycles. The third-order valence-corrected chi connectivity index (χ3v) is 5.66. The van der Waals surface area contributed by atoms with Crippen molar-refractivity contribution < 1.29 is 18.4 Å². The van der Waals surface area contributed by atoms with Gasteiger partial charge in [0.1, 0.15) is 11.6 Å². The Morgan fingerprint density at radius 3 is 2.63 bits per heavy atom. The fourth-order valence-corrected chi connectivity index (χ4v) is 4.04. The fraction of sp³-hybridized carbons (Fsp3) is 0.368. The van der Waals surface area contributed by atoms with Crippen molar-refractivity contribution in [1.29, 1.82) is 0 Å². The van der Waals surface area contributed by atoms with Crippen LogP contribution < -0.4 is 10.6 Å².